The van der Waals surface area contributed by atoms with Gasteiger partial charge in [0.25, 0.3) is 0 Å². The van der Waals surface area contributed by atoms with E-state index in [1.165, 1.54) is 0 Å². The SMILES string of the molecule is CCC1OCCC1C(=O)c1cc(F)c(F)cc1Cl. The molecular weight excluding hydrogens is 262 g/mol. The van der Waals surface area contributed by atoms with Gasteiger partial charge in [0.05, 0.1) is 17.0 Å². The maximum Gasteiger partial charge on any atom is 0.170 e. The minimum absolute atomic E-state index is 0.0320. The number of rotatable bonds is 3. The molecule has 1 aromatic carbocycles. The number of halogens is 3. The van der Waals surface area contributed by atoms with Crippen LogP contribution in [0.3, 0.4) is 0 Å². The standard InChI is InChI=1S/C13H13ClF2O2/c1-2-12-7(3-4-18-12)13(17)8-5-10(15)11(16)6-9(8)14/h5-7,12H,2-4H2,1H3. The minimum Gasteiger partial charge on any atom is -0.377 e. The van der Waals surface area contributed by atoms with Crippen molar-refractivity contribution in [3.05, 3.63) is 34.4 Å². The lowest BCUT2D eigenvalue weighted by molar-refractivity contribution is 0.0689. The number of ether oxygens (including phenoxy) is 1. The summed E-state index contributed by atoms with van der Waals surface area (Å²) in [4.78, 5) is 12.2. The second-order valence-electron chi connectivity index (χ2n) is 4.32. The lowest BCUT2D eigenvalue weighted by atomic mass is 9.90. The Morgan fingerprint density at radius 2 is 2.11 bits per heavy atom. The molecule has 0 spiro atoms. The van der Waals surface area contributed by atoms with Gasteiger partial charge in [-0.3, -0.25) is 4.79 Å². The van der Waals surface area contributed by atoms with E-state index in [0.29, 0.717) is 19.4 Å². The van der Waals surface area contributed by atoms with Gasteiger partial charge in [0.2, 0.25) is 0 Å². The van der Waals surface area contributed by atoms with Gasteiger partial charge in [0, 0.05) is 12.2 Å². The van der Waals surface area contributed by atoms with Gasteiger partial charge >= 0.3 is 0 Å². The third kappa shape index (κ3) is 2.40. The van der Waals surface area contributed by atoms with Crippen LogP contribution >= 0.6 is 11.6 Å². The first kappa shape index (κ1) is 13.4. The van der Waals surface area contributed by atoms with Gasteiger partial charge in [0.15, 0.2) is 17.4 Å². The Morgan fingerprint density at radius 3 is 2.78 bits per heavy atom. The molecule has 0 N–H and O–H groups in total. The second-order valence-corrected chi connectivity index (χ2v) is 4.73. The predicted molar refractivity (Wildman–Crippen MR) is 63.8 cm³/mol. The highest BCUT2D eigenvalue weighted by atomic mass is 35.5. The van der Waals surface area contributed by atoms with Gasteiger partial charge in [-0.25, -0.2) is 8.78 Å². The summed E-state index contributed by atoms with van der Waals surface area (Å²) >= 11 is 5.80. The van der Waals surface area contributed by atoms with Crippen molar-refractivity contribution in [2.24, 2.45) is 5.92 Å². The topological polar surface area (TPSA) is 26.3 Å². The first-order chi connectivity index (χ1) is 8.54. The van der Waals surface area contributed by atoms with Crippen LogP contribution in [0.4, 0.5) is 8.78 Å². The number of ketones is 1. The van der Waals surface area contributed by atoms with Crippen molar-refractivity contribution < 1.29 is 18.3 Å². The highest BCUT2D eigenvalue weighted by molar-refractivity contribution is 6.34. The van der Waals surface area contributed by atoms with Gasteiger partial charge in [-0.2, -0.15) is 0 Å². The fourth-order valence-corrected chi connectivity index (χ4v) is 2.51. The maximum atomic E-state index is 13.2. The number of carbonyl (C=O) groups excluding carboxylic acids is 1. The smallest absolute Gasteiger partial charge is 0.170 e. The maximum absolute atomic E-state index is 13.2. The van der Waals surface area contributed by atoms with Crippen LogP contribution in [-0.2, 0) is 4.74 Å². The van der Waals surface area contributed by atoms with Crippen molar-refractivity contribution in [2.75, 3.05) is 6.61 Å². The van der Waals surface area contributed by atoms with Crippen LogP contribution in [0.25, 0.3) is 0 Å². The molecule has 1 fully saturated rings. The lowest BCUT2D eigenvalue weighted by Gasteiger charge is -2.16. The van der Waals surface area contributed by atoms with Gasteiger partial charge in [-0.05, 0) is 25.0 Å². The molecule has 0 radical (unpaired) electrons. The zero-order valence-corrected chi connectivity index (χ0v) is 10.6. The van der Waals surface area contributed by atoms with E-state index in [9.17, 15) is 13.6 Å². The van der Waals surface area contributed by atoms with Crippen LogP contribution in [0.15, 0.2) is 12.1 Å². The largest absolute Gasteiger partial charge is 0.377 e. The predicted octanol–water partition coefficient (Wildman–Crippen LogP) is 3.62. The summed E-state index contributed by atoms with van der Waals surface area (Å²) in [7, 11) is 0. The number of Topliss-reactive ketones (excluding diaryl/α,β-unsaturated/α-hetero) is 1. The van der Waals surface area contributed by atoms with E-state index < -0.39 is 11.6 Å². The highest BCUT2D eigenvalue weighted by Crippen LogP contribution is 2.30. The minimum atomic E-state index is -1.06. The summed E-state index contributed by atoms with van der Waals surface area (Å²) in [6.07, 6.45) is 1.13. The van der Waals surface area contributed by atoms with Crippen molar-refractivity contribution >= 4 is 17.4 Å². The monoisotopic (exact) mass is 274 g/mol. The number of carbonyl (C=O) groups is 1. The van der Waals surface area contributed by atoms with Gasteiger partial charge in [-0.1, -0.05) is 18.5 Å². The number of hydrogen-bond donors (Lipinski definition) is 0. The van der Waals surface area contributed by atoms with Crippen molar-refractivity contribution in [2.45, 2.75) is 25.9 Å². The van der Waals surface area contributed by atoms with Crippen LogP contribution in [0, 0.1) is 17.6 Å². The molecule has 1 aliphatic rings. The quantitative estimate of drug-likeness (QED) is 0.622. The molecule has 98 valence electrons. The van der Waals surface area contributed by atoms with E-state index in [4.69, 9.17) is 16.3 Å². The molecule has 0 amide bonds. The molecule has 2 nitrogen and oxygen atoms in total. The van der Waals surface area contributed by atoms with Crippen molar-refractivity contribution in [3.63, 3.8) is 0 Å². The number of hydrogen-bond acceptors (Lipinski definition) is 2. The summed E-state index contributed by atoms with van der Waals surface area (Å²) in [6, 6.07) is 1.70. The fourth-order valence-electron chi connectivity index (χ4n) is 2.26. The molecule has 2 rings (SSSR count). The summed E-state index contributed by atoms with van der Waals surface area (Å²) in [5.74, 6) is -2.71. The molecule has 18 heavy (non-hydrogen) atoms. The van der Waals surface area contributed by atoms with Crippen LogP contribution in [-0.4, -0.2) is 18.5 Å². The van der Waals surface area contributed by atoms with E-state index in [-0.39, 0.29) is 28.4 Å². The Kier molecular flexibility index (Phi) is 3.97. The molecule has 0 aliphatic carbocycles. The van der Waals surface area contributed by atoms with Crippen molar-refractivity contribution in [1.29, 1.82) is 0 Å². The molecule has 5 heteroatoms. The third-order valence-electron chi connectivity index (χ3n) is 3.22. The lowest BCUT2D eigenvalue weighted by Crippen LogP contribution is -2.24. The summed E-state index contributed by atoms with van der Waals surface area (Å²) in [5.41, 5.74) is 0.0320. The van der Waals surface area contributed by atoms with E-state index in [2.05, 4.69) is 0 Å². The Morgan fingerprint density at radius 1 is 1.44 bits per heavy atom. The highest BCUT2D eigenvalue weighted by Gasteiger charge is 2.34. The Bertz CT molecular complexity index is 476. The molecule has 0 saturated carbocycles. The van der Waals surface area contributed by atoms with E-state index in [0.717, 1.165) is 12.1 Å². The third-order valence-corrected chi connectivity index (χ3v) is 3.54. The fraction of sp³-hybridized carbons (Fsp3) is 0.462. The normalized spacial score (nSPS) is 23.3. The molecule has 1 aliphatic heterocycles. The first-order valence-corrected chi connectivity index (χ1v) is 6.22. The van der Waals surface area contributed by atoms with Crippen LogP contribution in [0.1, 0.15) is 30.1 Å². The van der Waals surface area contributed by atoms with Gasteiger partial charge < -0.3 is 4.74 Å². The van der Waals surface area contributed by atoms with Gasteiger partial charge in [0.1, 0.15) is 0 Å². The molecule has 1 heterocycles. The number of benzene rings is 1. The molecule has 1 aromatic rings. The van der Waals surface area contributed by atoms with E-state index in [1.807, 2.05) is 6.92 Å². The molecular formula is C13H13ClF2O2. The average Bonchev–Trinajstić information content (AvgIpc) is 2.81. The summed E-state index contributed by atoms with van der Waals surface area (Å²) < 4.78 is 31.5. The van der Waals surface area contributed by atoms with E-state index >= 15 is 0 Å². The second kappa shape index (κ2) is 5.33. The zero-order valence-electron chi connectivity index (χ0n) is 9.88. The van der Waals surface area contributed by atoms with Crippen molar-refractivity contribution in [1.82, 2.24) is 0 Å². The summed E-state index contributed by atoms with van der Waals surface area (Å²) in [6.45, 7) is 2.43. The molecule has 0 aromatic heterocycles. The Balaban J connectivity index is 2.31. The van der Waals surface area contributed by atoms with Crippen LogP contribution in [0.5, 0.6) is 0 Å². The van der Waals surface area contributed by atoms with Gasteiger partial charge in [-0.15, -0.1) is 0 Å². The van der Waals surface area contributed by atoms with Crippen LogP contribution in [0.2, 0.25) is 5.02 Å². The Hall–Kier alpha value is -1.00. The summed E-state index contributed by atoms with van der Waals surface area (Å²) in [5, 5.41) is -0.0550. The van der Waals surface area contributed by atoms with E-state index in [1.54, 1.807) is 0 Å². The Labute approximate surface area is 109 Å². The molecule has 1 saturated heterocycles. The van der Waals surface area contributed by atoms with Crippen LogP contribution < -0.4 is 0 Å². The molecule has 2 atom stereocenters. The molecule has 2 unspecified atom stereocenters. The molecule has 0 bridgehead atoms. The average molecular weight is 275 g/mol. The van der Waals surface area contributed by atoms with Crippen molar-refractivity contribution in [3.8, 4) is 0 Å². The zero-order chi connectivity index (χ0) is 13.3. The first-order valence-electron chi connectivity index (χ1n) is 5.85.